The molecule has 4 amide bonds. The molecule has 1 atom stereocenters. The Hall–Kier alpha value is -3.19. The molecule has 2 aromatic carbocycles. The van der Waals surface area contributed by atoms with Gasteiger partial charge < -0.3 is 15.5 Å². The summed E-state index contributed by atoms with van der Waals surface area (Å²) in [6, 6.07) is 14.9. The van der Waals surface area contributed by atoms with Crippen LogP contribution in [0, 0.1) is 6.92 Å². The van der Waals surface area contributed by atoms with Crippen molar-refractivity contribution in [2.75, 3.05) is 20.1 Å². The van der Waals surface area contributed by atoms with Crippen LogP contribution in [0.15, 0.2) is 48.5 Å². The van der Waals surface area contributed by atoms with Gasteiger partial charge in [-0.05, 0) is 44.1 Å². The van der Waals surface area contributed by atoms with Crippen LogP contribution in [0.25, 0.3) is 0 Å². The summed E-state index contributed by atoms with van der Waals surface area (Å²) < 4.78 is 0. The molecule has 31 heavy (non-hydrogen) atoms. The fraction of sp³-hybridized carbons (Fsp3) is 0.375. The predicted molar refractivity (Wildman–Crippen MR) is 119 cm³/mol. The zero-order valence-electron chi connectivity index (χ0n) is 18.6. The van der Waals surface area contributed by atoms with Gasteiger partial charge in [0.1, 0.15) is 12.1 Å². The second-order valence-electron chi connectivity index (χ2n) is 8.24. The molecule has 1 unspecified atom stereocenters. The first-order valence-corrected chi connectivity index (χ1v) is 10.5. The van der Waals surface area contributed by atoms with Crippen LogP contribution >= 0.6 is 0 Å². The van der Waals surface area contributed by atoms with Crippen molar-refractivity contribution in [3.63, 3.8) is 0 Å². The number of amides is 4. The summed E-state index contributed by atoms with van der Waals surface area (Å²) in [5.74, 6) is -0.811. The van der Waals surface area contributed by atoms with Crippen LogP contribution in [-0.2, 0) is 28.2 Å². The maximum Gasteiger partial charge on any atom is 0.325 e. The van der Waals surface area contributed by atoms with Crippen molar-refractivity contribution >= 4 is 17.8 Å². The van der Waals surface area contributed by atoms with Gasteiger partial charge in [-0.1, -0.05) is 61.0 Å². The number of hydrogen-bond donors (Lipinski definition) is 2. The average Bonchev–Trinajstić information content (AvgIpc) is 2.96. The van der Waals surface area contributed by atoms with Gasteiger partial charge in [0.05, 0.1) is 0 Å². The molecule has 7 heteroatoms. The Morgan fingerprint density at radius 1 is 1.13 bits per heavy atom. The summed E-state index contributed by atoms with van der Waals surface area (Å²) in [5, 5.41) is 5.54. The third kappa shape index (κ3) is 5.11. The quantitative estimate of drug-likeness (QED) is 0.641. The maximum absolute atomic E-state index is 13.0. The molecule has 0 aromatic heterocycles. The van der Waals surface area contributed by atoms with E-state index in [0.29, 0.717) is 12.1 Å². The molecule has 2 N–H and O–H groups in total. The Bertz CT molecular complexity index is 973. The third-order valence-corrected chi connectivity index (χ3v) is 5.68. The van der Waals surface area contributed by atoms with Gasteiger partial charge in [0, 0.05) is 13.1 Å². The van der Waals surface area contributed by atoms with E-state index in [-0.39, 0.29) is 12.5 Å². The Labute approximate surface area is 183 Å². The molecule has 3 rings (SSSR count). The summed E-state index contributed by atoms with van der Waals surface area (Å²) >= 11 is 0. The molecule has 0 spiro atoms. The van der Waals surface area contributed by atoms with Crippen molar-refractivity contribution in [1.82, 2.24) is 20.4 Å². The normalized spacial score (nSPS) is 18.4. The van der Waals surface area contributed by atoms with Crippen molar-refractivity contribution in [2.24, 2.45) is 0 Å². The molecule has 0 saturated carbocycles. The SMILES string of the molecule is CCN(C)Cc1cccc(CNC(=O)CN2C(=O)NC(C)(c3ccc(C)cc3)C2=O)c1. The lowest BCUT2D eigenvalue weighted by atomic mass is 9.91. The highest BCUT2D eigenvalue weighted by atomic mass is 16.2. The van der Waals surface area contributed by atoms with Gasteiger partial charge in [-0.15, -0.1) is 0 Å². The van der Waals surface area contributed by atoms with E-state index < -0.39 is 17.5 Å². The molecule has 164 valence electrons. The molecule has 0 bridgehead atoms. The van der Waals surface area contributed by atoms with E-state index in [1.807, 2.05) is 43.3 Å². The van der Waals surface area contributed by atoms with Gasteiger partial charge in [-0.25, -0.2) is 4.79 Å². The molecule has 1 aliphatic heterocycles. The minimum absolute atomic E-state index is 0.315. The van der Waals surface area contributed by atoms with E-state index in [1.54, 1.807) is 6.92 Å². The number of carbonyl (C=O) groups is 3. The van der Waals surface area contributed by atoms with Crippen LogP contribution in [0.2, 0.25) is 0 Å². The fourth-order valence-corrected chi connectivity index (χ4v) is 3.58. The summed E-state index contributed by atoms with van der Waals surface area (Å²) in [4.78, 5) is 41.0. The molecule has 1 fully saturated rings. The number of nitrogens with zero attached hydrogens (tertiary/aromatic N) is 2. The second kappa shape index (κ2) is 9.31. The van der Waals surface area contributed by atoms with Crippen molar-refractivity contribution < 1.29 is 14.4 Å². The fourth-order valence-electron chi connectivity index (χ4n) is 3.58. The molecule has 7 nitrogen and oxygen atoms in total. The van der Waals surface area contributed by atoms with Crippen LogP contribution in [0.4, 0.5) is 4.79 Å². The largest absolute Gasteiger partial charge is 0.350 e. The molecule has 0 radical (unpaired) electrons. The second-order valence-corrected chi connectivity index (χ2v) is 8.24. The van der Waals surface area contributed by atoms with Gasteiger partial charge >= 0.3 is 6.03 Å². The molecule has 1 saturated heterocycles. The van der Waals surface area contributed by atoms with Gasteiger partial charge in [-0.3, -0.25) is 14.5 Å². The van der Waals surface area contributed by atoms with Gasteiger partial charge in [0.2, 0.25) is 5.91 Å². The van der Waals surface area contributed by atoms with Gasteiger partial charge in [0.15, 0.2) is 0 Å². The Morgan fingerprint density at radius 2 is 1.81 bits per heavy atom. The van der Waals surface area contributed by atoms with Gasteiger partial charge in [-0.2, -0.15) is 0 Å². The molecule has 1 aliphatic rings. The lowest BCUT2D eigenvalue weighted by molar-refractivity contribution is -0.134. The molecular weight excluding hydrogens is 392 g/mol. The van der Waals surface area contributed by atoms with Gasteiger partial charge in [0.25, 0.3) is 5.91 Å². The van der Waals surface area contributed by atoms with E-state index in [4.69, 9.17) is 0 Å². The lowest BCUT2D eigenvalue weighted by Gasteiger charge is -2.22. The number of urea groups is 1. The minimum Gasteiger partial charge on any atom is -0.350 e. The first-order valence-electron chi connectivity index (χ1n) is 10.5. The summed E-state index contributed by atoms with van der Waals surface area (Å²) in [6.07, 6.45) is 0. The number of rotatable bonds is 8. The number of aryl methyl sites for hydroxylation is 1. The summed E-state index contributed by atoms with van der Waals surface area (Å²) in [7, 11) is 2.05. The third-order valence-electron chi connectivity index (χ3n) is 5.68. The molecular formula is C24H30N4O3. The standard InChI is InChI=1S/C24H30N4O3/c1-5-27(4)15-19-8-6-7-18(13-19)14-25-21(29)16-28-22(30)24(3,26-23(28)31)20-11-9-17(2)10-12-20/h6-13H,5,14-16H2,1-4H3,(H,25,29)(H,26,31). The van der Waals surface area contributed by atoms with E-state index in [0.717, 1.165) is 29.1 Å². The Morgan fingerprint density at radius 3 is 2.48 bits per heavy atom. The van der Waals surface area contributed by atoms with Crippen LogP contribution in [0.3, 0.4) is 0 Å². The van der Waals surface area contributed by atoms with Crippen molar-refractivity contribution in [3.05, 3.63) is 70.8 Å². The highest BCUT2D eigenvalue weighted by Crippen LogP contribution is 2.28. The highest BCUT2D eigenvalue weighted by Gasteiger charge is 2.49. The van der Waals surface area contributed by atoms with Crippen LogP contribution < -0.4 is 10.6 Å². The maximum atomic E-state index is 13.0. The lowest BCUT2D eigenvalue weighted by Crippen LogP contribution is -2.43. The highest BCUT2D eigenvalue weighted by molar-refractivity contribution is 6.09. The Balaban J connectivity index is 1.60. The van der Waals surface area contributed by atoms with Crippen LogP contribution in [-0.4, -0.2) is 47.8 Å². The minimum atomic E-state index is -1.18. The van der Waals surface area contributed by atoms with Crippen molar-refractivity contribution in [3.8, 4) is 0 Å². The first-order chi connectivity index (χ1) is 14.7. The van der Waals surface area contributed by atoms with Crippen LogP contribution in [0.5, 0.6) is 0 Å². The molecule has 0 aliphatic carbocycles. The van der Waals surface area contributed by atoms with E-state index in [1.165, 1.54) is 5.56 Å². The first kappa shape index (κ1) is 22.5. The molecule has 2 aromatic rings. The van der Waals surface area contributed by atoms with E-state index >= 15 is 0 Å². The smallest absolute Gasteiger partial charge is 0.325 e. The van der Waals surface area contributed by atoms with Crippen molar-refractivity contribution in [1.29, 1.82) is 0 Å². The van der Waals surface area contributed by atoms with E-state index in [2.05, 4.69) is 41.6 Å². The Kier molecular flexibility index (Phi) is 6.75. The number of hydrogen-bond acceptors (Lipinski definition) is 4. The summed E-state index contributed by atoms with van der Waals surface area (Å²) in [6.45, 7) is 7.52. The molecule has 1 heterocycles. The number of nitrogens with one attached hydrogen (secondary N) is 2. The zero-order chi connectivity index (χ0) is 22.6. The van der Waals surface area contributed by atoms with Crippen LogP contribution in [0.1, 0.15) is 36.1 Å². The van der Waals surface area contributed by atoms with E-state index in [9.17, 15) is 14.4 Å². The monoisotopic (exact) mass is 422 g/mol. The summed E-state index contributed by atoms with van der Waals surface area (Å²) in [5.41, 5.74) is 2.71. The zero-order valence-corrected chi connectivity index (χ0v) is 18.6. The number of benzene rings is 2. The average molecular weight is 423 g/mol. The number of imide groups is 1. The predicted octanol–water partition coefficient (Wildman–Crippen LogP) is 2.53. The number of carbonyl (C=O) groups excluding carboxylic acids is 3. The topological polar surface area (TPSA) is 81.8 Å². The van der Waals surface area contributed by atoms with Crippen molar-refractivity contribution in [2.45, 2.75) is 39.4 Å².